The molecule has 0 unspecified atom stereocenters. The highest BCUT2D eigenvalue weighted by Crippen LogP contribution is 2.42. The van der Waals surface area contributed by atoms with Crippen LogP contribution in [-0.2, 0) is 14.3 Å². The Balaban J connectivity index is 1.40. The number of esters is 1. The molecule has 5 atom stereocenters. The average Bonchev–Trinajstić information content (AvgIpc) is 2.90. The molecule has 1 aromatic rings. The summed E-state index contributed by atoms with van der Waals surface area (Å²) in [5.41, 5.74) is 0. The molecule has 1 saturated heterocycles. The first-order valence-corrected chi connectivity index (χ1v) is 11.9. The molecule has 0 radical (unpaired) electrons. The molecule has 5 heteroatoms. The van der Waals surface area contributed by atoms with Gasteiger partial charge in [-0.25, -0.2) is 0 Å². The molecule has 1 N–H and O–H groups in total. The zero-order valence-corrected chi connectivity index (χ0v) is 18.9. The second kappa shape index (κ2) is 12.3. The molecule has 2 aliphatic rings. The van der Waals surface area contributed by atoms with Gasteiger partial charge in [-0.15, -0.1) is 0 Å². The van der Waals surface area contributed by atoms with Gasteiger partial charge in [-0.3, -0.25) is 4.79 Å². The van der Waals surface area contributed by atoms with E-state index in [4.69, 9.17) is 14.2 Å². The Morgan fingerprint density at radius 3 is 2.84 bits per heavy atom. The summed E-state index contributed by atoms with van der Waals surface area (Å²) in [5, 5.41) is 10.6. The normalized spacial score (nSPS) is 28.5. The Bertz CT molecular complexity index is 686. The molecule has 0 bridgehead atoms. The monoisotopic (exact) mass is 430 g/mol. The third-order valence-corrected chi connectivity index (χ3v) is 6.36. The molecule has 1 saturated carbocycles. The van der Waals surface area contributed by atoms with Crippen molar-refractivity contribution in [3.05, 3.63) is 42.5 Å². The van der Waals surface area contributed by atoms with Crippen molar-refractivity contribution in [3.63, 3.8) is 0 Å². The van der Waals surface area contributed by atoms with Crippen molar-refractivity contribution in [3.8, 4) is 5.75 Å². The summed E-state index contributed by atoms with van der Waals surface area (Å²) < 4.78 is 17.2. The van der Waals surface area contributed by atoms with Crippen molar-refractivity contribution in [1.29, 1.82) is 0 Å². The maximum absolute atomic E-state index is 11.7. The first-order valence-electron chi connectivity index (χ1n) is 11.9. The summed E-state index contributed by atoms with van der Waals surface area (Å²) in [4.78, 5) is 11.7. The summed E-state index contributed by atoms with van der Waals surface area (Å²) in [6.07, 6.45) is 10.1. The number of benzene rings is 1. The average molecular weight is 431 g/mol. The maximum Gasteiger partial charge on any atom is 0.306 e. The van der Waals surface area contributed by atoms with Gasteiger partial charge in [0.05, 0.1) is 24.9 Å². The zero-order chi connectivity index (χ0) is 22.1. The van der Waals surface area contributed by atoms with Gasteiger partial charge in [-0.2, -0.15) is 0 Å². The van der Waals surface area contributed by atoms with Gasteiger partial charge in [0.15, 0.2) is 0 Å². The number of aliphatic hydroxyl groups excluding tert-OH is 1. The Hall–Kier alpha value is -1.85. The molecule has 31 heavy (non-hydrogen) atoms. The number of para-hydroxylation sites is 1. The van der Waals surface area contributed by atoms with Gasteiger partial charge in [-0.1, -0.05) is 30.4 Å². The quantitative estimate of drug-likeness (QED) is 0.324. The number of carbonyl (C=O) groups is 1. The third kappa shape index (κ3) is 7.65. The smallest absolute Gasteiger partial charge is 0.306 e. The molecule has 0 spiro atoms. The number of hydrogen-bond donors (Lipinski definition) is 1. The van der Waals surface area contributed by atoms with Crippen molar-refractivity contribution in [2.45, 2.75) is 77.1 Å². The van der Waals surface area contributed by atoms with Crippen LogP contribution in [0.2, 0.25) is 0 Å². The maximum atomic E-state index is 11.7. The van der Waals surface area contributed by atoms with Crippen molar-refractivity contribution < 1.29 is 24.1 Å². The summed E-state index contributed by atoms with van der Waals surface area (Å²) in [7, 11) is 0. The molecule has 0 aromatic heterocycles. The lowest BCUT2D eigenvalue weighted by Crippen LogP contribution is -2.21. The second-order valence-corrected chi connectivity index (χ2v) is 9.17. The molecular weight excluding hydrogens is 392 g/mol. The lowest BCUT2D eigenvalue weighted by Gasteiger charge is -2.20. The number of hydrogen-bond acceptors (Lipinski definition) is 5. The van der Waals surface area contributed by atoms with Crippen LogP contribution < -0.4 is 4.74 Å². The molecule has 1 aliphatic heterocycles. The summed E-state index contributed by atoms with van der Waals surface area (Å²) in [6, 6.07) is 9.83. The van der Waals surface area contributed by atoms with Gasteiger partial charge >= 0.3 is 5.97 Å². The number of fused-ring (bicyclic) bond motifs is 1. The van der Waals surface area contributed by atoms with Gasteiger partial charge in [0.25, 0.3) is 0 Å². The lowest BCUT2D eigenvalue weighted by atomic mass is 9.86. The molecule has 5 nitrogen and oxygen atoms in total. The first kappa shape index (κ1) is 23.8. The molecular formula is C26H38O5. The number of rotatable bonds is 10. The van der Waals surface area contributed by atoms with Crippen LogP contribution in [0.15, 0.2) is 42.5 Å². The van der Waals surface area contributed by atoms with E-state index in [-0.39, 0.29) is 30.2 Å². The molecule has 1 aliphatic carbocycles. The van der Waals surface area contributed by atoms with E-state index in [2.05, 4.69) is 12.2 Å². The van der Waals surface area contributed by atoms with E-state index in [0.717, 1.165) is 44.5 Å². The predicted octanol–water partition coefficient (Wildman–Crippen LogP) is 4.93. The highest BCUT2D eigenvalue weighted by molar-refractivity contribution is 5.69. The fourth-order valence-corrected chi connectivity index (χ4v) is 4.81. The van der Waals surface area contributed by atoms with E-state index in [0.29, 0.717) is 31.3 Å². The van der Waals surface area contributed by atoms with E-state index in [9.17, 15) is 9.90 Å². The summed E-state index contributed by atoms with van der Waals surface area (Å²) in [5.74, 6) is 1.79. The fraction of sp³-hybridized carbons (Fsp3) is 0.654. The third-order valence-electron chi connectivity index (χ3n) is 6.36. The van der Waals surface area contributed by atoms with E-state index in [1.165, 1.54) is 0 Å². The fourth-order valence-electron chi connectivity index (χ4n) is 4.81. The Morgan fingerprint density at radius 2 is 2.06 bits per heavy atom. The number of ether oxygens (including phenoxy) is 3. The van der Waals surface area contributed by atoms with Crippen LogP contribution >= 0.6 is 0 Å². The molecule has 172 valence electrons. The highest BCUT2D eigenvalue weighted by atomic mass is 16.5. The minimum absolute atomic E-state index is 0.0468. The van der Waals surface area contributed by atoms with Gasteiger partial charge in [0.1, 0.15) is 5.75 Å². The summed E-state index contributed by atoms with van der Waals surface area (Å²) in [6.45, 7) is 5.13. The predicted molar refractivity (Wildman–Crippen MR) is 121 cm³/mol. The molecule has 0 amide bonds. The Morgan fingerprint density at radius 1 is 1.26 bits per heavy atom. The SMILES string of the molecule is CC(C)OC(=O)CCC[C@H]1CC[C@@H]2[C@@H](C=CCCOc3ccccc3)[C@H](O)C[C@@H]2OC1. The van der Waals surface area contributed by atoms with Crippen LogP contribution in [-0.4, -0.2) is 42.6 Å². The van der Waals surface area contributed by atoms with Gasteiger partial charge in [-0.05, 0) is 69.9 Å². The minimum atomic E-state index is -0.330. The minimum Gasteiger partial charge on any atom is -0.493 e. The van der Waals surface area contributed by atoms with Crippen LogP contribution in [0.25, 0.3) is 0 Å². The largest absolute Gasteiger partial charge is 0.493 e. The van der Waals surface area contributed by atoms with Crippen molar-refractivity contribution in [2.75, 3.05) is 13.2 Å². The van der Waals surface area contributed by atoms with E-state index in [1.807, 2.05) is 44.2 Å². The highest BCUT2D eigenvalue weighted by Gasteiger charge is 2.43. The van der Waals surface area contributed by atoms with Gasteiger partial charge in [0.2, 0.25) is 0 Å². The molecule has 1 heterocycles. The second-order valence-electron chi connectivity index (χ2n) is 9.17. The topological polar surface area (TPSA) is 65.0 Å². The Kier molecular flexibility index (Phi) is 9.41. The molecule has 3 rings (SSSR count). The molecule has 2 fully saturated rings. The van der Waals surface area contributed by atoms with Crippen LogP contribution in [0.4, 0.5) is 0 Å². The van der Waals surface area contributed by atoms with Gasteiger partial charge < -0.3 is 19.3 Å². The molecule has 1 aromatic carbocycles. The standard InChI is InChI=1S/C26H38O5/c1-19(2)31-26(28)13-8-9-20-14-15-23-22(24(27)17-25(23)30-18-20)12-6-7-16-29-21-10-4-3-5-11-21/h3-6,10-12,19-20,22-25,27H,7-9,13-18H2,1-2H3/t20-,22+,23+,24+,25-/m0/s1. The van der Waals surface area contributed by atoms with Crippen LogP contribution in [0, 0.1) is 17.8 Å². The van der Waals surface area contributed by atoms with Crippen molar-refractivity contribution in [1.82, 2.24) is 0 Å². The Labute approximate surface area is 186 Å². The van der Waals surface area contributed by atoms with E-state index >= 15 is 0 Å². The zero-order valence-electron chi connectivity index (χ0n) is 18.9. The number of carbonyl (C=O) groups excluding carboxylic acids is 1. The number of aliphatic hydroxyl groups is 1. The van der Waals surface area contributed by atoms with E-state index < -0.39 is 0 Å². The van der Waals surface area contributed by atoms with Gasteiger partial charge in [0, 0.05) is 25.4 Å². The van der Waals surface area contributed by atoms with Crippen LogP contribution in [0.1, 0.15) is 58.8 Å². The van der Waals surface area contributed by atoms with E-state index in [1.54, 1.807) is 0 Å². The summed E-state index contributed by atoms with van der Waals surface area (Å²) >= 11 is 0. The van der Waals surface area contributed by atoms with Crippen molar-refractivity contribution in [2.24, 2.45) is 17.8 Å². The lowest BCUT2D eigenvalue weighted by molar-refractivity contribution is -0.147. The first-order chi connectivity index (χ1) is 15.0. The van der Waals surface area contributed by atoms with Crippen LogP contribution in [0.3, 0.4) is 0 Å². The van der Waals surface area contributed by atoms with Crippen LogP contribution in [0.5, 0.6) is 5.75 Å². The van der Waals surface area contributed by atoms with Crippen molar-refractivity contribution >= 4 is 5.97 Å².